The van der Waals surface area contributed by atoms with Crippen molar-refractivity contribution in [2.24, 2.45) is 0 Å². The number of nitrogens with zero attached hydrogens (tertiary/aromatic N) is 2. The van der Waals surface area contributed by atoms with Crippen molar-refractivity contribution in [3.05, 3.63) is 48.3 Å². The summed E-state index contributed by atoms with van der Waals surface area (Å²) < 4.78 is 0. The van der Waals surface area contributed by atoms with Crippen molar-refractivity contribution in [2.45, 2.75) is 19.4 Å². The molecule has 2 heterocycles. The van der Waals surface area contributed by atoms with Gasteiger partial charge in [0.2, 0.25) is 0 Å². The van der Waals surface area contributed by atoms with E-state index in [0.717, 1.165) is 31.8 Å². The van der Waals surface area contributed by atoms with Crippen LogP contribution in [0.25, 0.3) is 0 Å². The predicted octanol–water partition coefficient (Wildman–Crippen LogP) is 1.53. The molecule has 0 radical (unpaired) electrons. The zero-order chi connectivity index (χ0) is 11.1. The maximum atomic E-state index is 4.18. The molecule has 2 aromatic heterocycles. The van der Waals surface area contributed by atoms with Gasteiger partial charge < -0.3 is 10.3 Å². The second-order valence-electron chi connectivity index (χ2n) is 3.67. The lowest BCUT2D eigenvalue weighted by atomic mass is 10.2. The monoisotopic (exact) mass is 216 g/mol. The molecule has 0 spiro atoms. The molecular weight excluding hydrogens is 200 g/mol. The summed E-state index contributed by atoms with van der Waals surface area (Å²) in [6, 6.07) is 4.05. The Hall–Kier alpha value is -1.68. The first-order valence-electron chi connectivity index (χ1n) is 5.53. The molecule has 0 aromatic carbocycles. The Morgan fingerprint density at radius 3 is 2.81 bits per heavy atom. The number of rotatable bonds is 6. The van der Waals surface area contributed by atoms with Gasteiger partial charge in [0.1, 0.15) is 5.82 Å². The van der Waals surface area contributed by atoms with Crippen molar-refractivity contribution in [1.29, 1.82) is 0 Å². The molecule has 0 saturated carbocycles. The quantitative estimate of drug-likeness (QED) is 0.720. The van der Waals surface area contributed by atoms with Crippen LogP contribution in [0, 0.1) is 0 Å². The Kier molecular flexibility index (Phi) is 4.08. The molecule has 0 bridgehead atoms. The third-order valence-corrected chi connectivity index (χ3v) is 2.40. The SMILES string of the molecule is c1cc(CNCCCc2ncc[nH]2)ccn1. The number of imidazole rings is 1. The van der Waals surface area contributed by atoms with Crippen LogP contribution in [-0.4, -0.2) is 21.5 Å². The van der Waals surface area contributed by atoms with Crippen LogP contribution < -0.4 is 5.32 Å². The number of hydrogen-bond acceptors (Lipinski definition) is 3. The number of hydrogen-bond donors (Lipinski definition) is 2. The zero-order valence-corrected chi connectivity index (χ0v) is 9.19. The van der Waals surface area contributed by atoms with Crippen LogP contribution in [0.5, 0.6) is 0 Å². The molecule has 0 aliphatic carbocycles. The summed E-state index contributed by atoms with van der Waals surface area (Å²) in [5, 5.41) is 3.39. The fourth-order valence-electron chi connectivity index (χ4n) is 1.55. The van der Waals surface area contributed by atoms with E-state index in [1.807, 2.05) is 30.7 Å². The summed E-state index contributed by atoms with van der Waals surface area (Å²) in [5.74, 6) is 1.06. The Labute approximate surface area is 95.1 Å². The third kappa shape index (κ3) is 3.47. The molecule has 84 valence electrons. The summed E-state index contributed by atoms with van der Waals surface area (Å²) in [4.78, 5) is 11.3. The smallest absolute Gasteiger partial charge is 0.106 e. The van der Waals surface area contributed by atoms with Crippen molar-refractivity contribution in [2.75, 3.05) is 6.54 Å². The van der Waals surface area contributed by atoms with E-state index in [4.69, 9.17) is 0 Å². The van der Waals surface area contributed by atoms with E-state index in [1.54, 1.807) is 6.20 Å². The van der Waals surface area contributed by atoms with Crippen molar-refractivity contribution in [3.8, 4) is 0 Å². The number of aryl methyl sites for hydroxylation is 1. The molecule has 0 aliphatic heterocycles. The average Bonchev–Trinajstić information content (AvgIpc) is 2.83. The largest absolute Gasteiger partial charge is 0.349 e. The Bertz CT molecular complexity index is 383. The van der Waals surface area contributed by atoms with Gasteiger partial charge in [-0.25, -0.2) is 4.98 Å². The lowest BCUT2D eigenvalue weighted by Gasteiger charge is -2.03. The lowest BCUT2D eigenvalue weighted by molar-refractivity contribution is 0.640. The zero-order valence-electron chi connectivity index (χ0n) is 9.19. The van der Waals surface area contributed by atoms with Crippen LogP contribution in [0.2, 0.25) is 0 Å². The van der Waals surface area contributed by atoms with Gasteiger partial charge in [-0.1, -0.05) is 0 Å². The van der Waals surface area contributed by atoms with Crippen molar-refractivity contribution < 1.29 is 0 Å². The van der Waals surface area contributed by atoms with Crippen molar-refractivity contribution >= 4 is 0 Å². The highest BCUT2D eigenvalue weighted by atomic mass is 14.9. The van der Waals surface area contributed by atoms with Crippen molar-refractivity contribution in [1.82, 2.24) is 20.3 Å². The molecule has 4 heteroatoms. The number of aromatic nitrogens is 3. The molecule has 0 aliphatic rings. The van der Waals surface area contributed by atoms with Gasteiger partial charge >= 0.3 is 0 Å². The van der Waals surface area contributed by atoms with Crippen LogP contribution in [-0.2, 0) is 13.0 Å². The van der Waals surface area contributed by atoms with Crippen LogP contribution in [0.1, 0.15) is 17.8 Å². The molecule has 0 saturated heterocycles. The minimum absolute atomic E-state index is 0.903. The molecule has 16 heavy (non-hydrogen) atoms. The lowest BCUT2D eigenvalue weighted by Crippen LogP contribution is -2.15. The van der Waals surface area contributed by atoms with Gasteiger partial charge in [0.25, 0.3) is 0 Å². The maximum absolute atomic E-state index is 4.18. The number of aromatic amines is 1. The number of pyridine rings is 1. The second-order valence-corrected chi connectivity index (χ2v) is 3.67. The van der Waals surface area contributed by atoms with Crippen molar-refractivity contribution in [3.63, 3.8) is 0 Å². The highest BCUT2D eigenvalue weighted by molar-refractivity contribution is 5.08. The number of nitrogens with one attached hydrogen (secondary N) is 2. The molecule has 0 amide bonds. The van der Waals surface area contributed by atoms with E-state index in [0.29, 0.717) is 0 Å². The second kappa shape index (κ2) is 6.02. The average molecular weight is 216 g/mol. The van der Waals surface area contributed by atoms with Gasteiger partial charge in [0, 0.05) is 37.8 Å². The van der Waals surface area contributed by atoms with E-state index in [-0.39, 0.29) is 0 Å². The van der Waals surface area contributed by atoms with Gasteiger partial charge in [-0.2, -0.15) is 0 Å². The standard InChI is InChI=1S/C12H16N4/c1(2-12-15-8-9-16-12)5-14-10-11-3-6-13-7-4-11/h3-4,6-9,14H,1-2,5,10H2,(H,15,16). The normalized spacial score (nSPS) is 10.5. The minimum Gasteiger partial charge on any atom is -0.349 e. The summed E-state index contributed by atoms with van der Waals surface area (Å²) in [7, 11) is 0. The van der Waals surface area contributed by atoms with Crippen LogP contribution in [0.3, 0.4) is 0 Å². The van der Waals surface area contributed by atoms with Crippen LogP contribution in [0.4, 0.5) is 0 Å². The first kappa shape index (κ1) is 10.8. The van der Waals surface area contributed by atoms with E-state index in [1.165, 1.54) is 5.56 Å². The Morgan fingerprint density at radius 1 is 1.19 bits per heavy atom. The van der Waals surface area contributed by atoms with Gasteiger partial charge in [0.15, 0.2) is 0 Å². The van der Waals surface area contributed by atoms with Gasteiger partial charge in [-0.05, 0) is 30.7 Å². The van der Waals surface area contributed by atoms with Crippen LogP contribution in [0.15, 0.2) is 36.9 Å². The fourth-order valence-corrected chi connectivity index (χ4v) is 1.55. The van der Waals surface area contributed by atoms with E-state index in [9.17, 15) is 0 Å². The van der Waals surface area contributed by atoms with Gasteiger partial charge in [0.05, 0.1) is 0 Å². The molecule has 2 aromatic rings. The first-order valence-corrected chi connectivity index (χ1v) is 5.53. The minimum atomic E-state index is 0.903. The topological polar surface area (TPSA) is 53.6 Å². The maximum Gasteiger partial charge on any atom is 0.106 e. The molecule has 0 atom stereocenters. The summed E-state index contributed by atoms with van der Waals surface area (Å²) in [6.45, 7) is 1.91. The molecular formula is C12H16N4. The highest BCUT2D eigenvalue weighted by Gasteiger charge is 1.95. The Balaban J connectivity index is 1.59. The molecule has 4 nitrogen and oxygen atoms in total. The third-order valence-electron chi connectivity index (χ3n) is 2.40. The van der Waals surface area contributed by atoms with E-state index in [2.05, 4.69) is 20.3 Å². The molecule has 0 unspecified atom stereocenters. The first-order chi connectivity index (χ1) is 7.95. The van der Waals surface area contributed by atoms with E-state index < -0.39 is 0 Å². The fraction of sp³-hybridized carbons (Fsp3) is 0.333. The predicted molar refractivity (Wildman–Crippen MR) is 62.9 cm³/mol. The van der Waals surface area contributed by atoms with Gasteiger partial charge in [-0.15, -0.1) is 0 Å². The molecule has 2 rings (SSSR count). The Morgan fingerprint density at radius 2 is 2.06 bits per heavy atom. The van der Waals surface area contributed by atoms with Crippen LogP contribution >= 0.6 is 0 Å². The summed E-state index contributed by atoms with van der Waals surface area (Å²) in [6.07, 6.45) is 9.38. The van der Waals surface area contributed by atoms with E-state index >= 15 is 0 Å². The highest BCUT2D eigenvalue weighted by Crippen LogP contribution is 1.96. The number of H-pyrrole nitrogens is 1. The van der Waals surface area contributed by atoms with Gasteiger partial charge in [-0.3, -0.25) is 4.98 Å². The molecule has 0 fully saturated rings. The molecule has 2 N–H and O–H groups in total. The summed E-state index contributed by atoms with van der Waals surface area (Å²) in [5.41, 5.74) is 1.27. The summed E-state index contributed by atoms with van der Waals surface area (Å²) >= 11 is 0.